The number of rotatable bonds is 3. The highest BCUT2D eigenvalue weighted by Crippen LogP contribution is 2.53. The summed E-state index contributed by atoms with van der Waals surface area (Å²) in [7, 11) is 0. The van der Waals surface area contributed by atoms with E-state index >= 15 is 0 Å². The third-order valence-electron chi connectivity index (χ3n) is 8.25. The lowest BCUT2D eigenvalue weighted by molar-refractivity contribution is -0.0332. The van der Waals surface area contributed by atoms with Gasteiger partial charge in [-0.15, -0.1) is 0 Å². The minimum absolute atomic E-state index is 0.00796. The van der Waals surface area contributed by atoms with Crippen LogP contribution in [0.1, 0.15) is 61.5 Å². The van der Waals surface area contributed by atoms with Crippen LogP contribution in [0.2, 0.25) is 0 Å². The number of aryl methyl sites for hydroxylation is 2. The van der Waals surface area contributed by atoms with E-state index in [0.29, 0.717) is 5.92 Å². The summed E-state index contributed by atoms with van der Waals surface area (Å²) in [6.45, 7) is 4.04. The summed E-state index contributed by atoms with van der Waals surface area (Å²) in [4.78, 5) is 9.08. The van der Waals surface area contributed by atoms with Crippen LogP contribution in [0.5, 0.6) is 0 Å². The zero-order chi connectivity index (χ0) is 23.3. The lowest BCUT2D eigenvalue weighted by Gasteiger charge is -2.49. The number of benzene rings is 1. The van der Waals surface area contributed by atoms with Crippen molar-refractivity contribution >= 4 is 10.9 Å². The van der Waals surface area contributed by atoms with Crippen molar-refractivity contribution in [3.8, 4) is 5.69 Å². The molecule has 0 aliphatic heterocycles. The summed E-state index contributed by atoms with van der Waals surface area (Å²) in [5, 5.41) is 17.0. The highest BCUT2D eigenvalue weighted by molar-refractivity contribution is 5.82. The van der Waals surface area contributed by atoms with Crippen LogP contribution in [-0.2, 0) is 18.3 Å². The fraction of sp³-hybridized carbons (Fsp3) is 0.414. The maximum atomic E-state index is 11.0. The molecule has 3 atom stereocenters. The molecule has 3 aromatic heterocycles. The topological polar surface area (TPSA) is 63.8 Å². The van der Waals surface area contributed by atoms with Gasteiger partial charge in [0.15, 0.2) is 0 Å². The van der Waals surface area contributed by atoms with Crippen LogP contribution in [0.3, 0.4) is 0 Å². The van der Waals surface area contributed by atoms with Crippen molar-refractivity contribution in [1.82, 2.24) is 19.7 Å². The molecule has 1 N–H and O–H groups in total. The molecule has 0 amide bonds. The van der Waals surface area contributed by atoms with Gasteiger partial charge >= 0.3 is 0 Å². The largest absolute Gasteiger partial charge is 0.390 e. The molecule has 3 heterocycles. The molecule has 1 fully saturated rings. The summed E-state index contributed by atoms with van der Waals surface area (Å²) in [5.41, 5.74) is 6.62. The second-order valence-corrected chi connectivity index (χ2v) is 10.7. The number of hydrogen-bond donors (Lipinski definition) is 1. The van der Waals surface area contributed by atoms with Crippen LogP contribution in [0.25, 0.3) is 16.6 Å². The van der Waals surface area contributed by atoms with Crippen LogP contribution in [0, 0.1) is 12.8 Å². The van der Waals surface area contributed by atoms with Crippen molar-refractivity contribution in [2.45, 2.75) is 69.8 Å². The van der Waals surface area contributed by atoms with Gasteiger partial charge in [0, 0.05) is 34.6 Å². The van der Waals surface area contributed by atoms with Crippen molar-refractivity contribution in [3.05, 3.63) is 83.6 Å². The Hall–Kier alpha value is -3.05. The average molecular weight is 453 g/mol. The molecule has 5 heteroatoms. The van der Waals surface area contributed by atoms with Gasteiger partial charge in [0.2, 0.25) is 0 Å². The molecule has 0 unspecified atom stereocenters. The Labute approximate surface area is 200 Å². The molecule has 1 saturated carbocycles. The summed E-state index contributed by atoms with van der Waals surface area (Å²) in [6.07, 6.45) is 12.7. The maximum Gasteiger partial charge on any atom is 0.0744 e. The first kappa shape index (κ1) is 21.5. The first-order chi connectivity index (χ1) is 16.4. The lowest BCUT2D eigenvalue weighted by Crippen LogP contribution is -2.48. The van der Waals surface area contributed by atoms with Gasteiger partial charge in [-0.1, -0.05) is 6.07 Å². The SMILES string of the molecule is Cc1cc(-n2ncc3cc4c(cc32)CCC[C@@H]2C[C@@](C)(O)CC[C@]42Cc2ccccn2)ccn1. The van der Waals surface area contributed by atoms with Gasteiger partial charge in [0.05, 0.1) is 23.0 Å². The number of hydrogen-bond acceptors (Lipinski definition) is 4. The Morgan fingerprint density at radius 1 is 1.09 bits per heavy atom. The van der Waals surface area contributed by atoms with E-state index in [-0.39, 0.29) is 5.41 Å². The second-order valence-electron chi connectivity index (χ2n) is 10.7. The van der Waals surface area contributed by atoms with Gasteiger partial charge in [-0.2, -0.15) is 5.10 Å². The Balaban J connectivity index is 1.52. The van der Waals surface area contributed by atoms with Gasteiger partial charge in [-0.05, 0) is 112 Å². The fourth-order valence-electron chi connectivity index (χ4n) is 6.61. The highest BCUT2D eigenvalue weighted by atomic mass is 16.3. The van der Waals surface area contributed by atoms with Crippen LogP contribution in [-0.4, -0.2) is 30.5 Å². The molecule has 1 aromatic carbocycles. The van der Waals surface area contributed by atoms with Crippen LogP contribution < -0.4 is 0 Å². The highest BCUT2D eigenvalue weighted by Gasteiger charge is 2.49. The zero-order valence-corrected chi connectivity index (χ0v) is 20.0. The number of aliphatic hydroxyl groups is 1. The normalized spacial score (nSPS) is 26.6. The Kier molecular flexibility index (Phi) is 5.07. The quantitative estimate of drug-likeness (QED) is 0.446. The van der Waals surface area contributed by atoms with Crippen molar-refractivity contribution in [1.29, 1.82) is 0 Å². The first-order valence-corrected chi connectivity index (χ1v) is 12.5. The van der Waals surface area contributed by atoms with Crippen LogP contribution >= 0.6 is 0 Å². The fourth-order valence-corrected chi connectivity index (χ4v) is 6.61. The molecular formula is C29H32N4O. The monoisotopic (exact) mass is 452 g/mol. The van der Waals surface area contributed by atoms with Crippen molar-refractivity contribution in [2.24, 2.45) is 5.92 Å². The van der Waals surface area contributed by atoms with Gasteiger partial charge in [0.1, 0.15) is 0 Å². The van der Waals surface area contributed by atoms with E-state index in [1.54, 1.807) is 0 Å². The summed E-state index contributed by atoms with van der Waals surface area (Å²) in [5.74, 6) is 0.440. The predicted octanol–water partition coefficient (Wildman–Crippen LogP) is 5.49. The molecule has 5 nitrogen and oxygen atoms in total. The smallest absolute Gasteiger partial charge is 0.0744 e. The first-order valence-electron chi connectivity index (χ1n) is 12.5. The molecule has 4 aromatic rings. The second kappa shape index (κ2) is 8.02. The Bertz CT molecular complexity index is 1340. The van der Waals surface area contributed by atoms with E-state index in [1.807, 2.05) is 49.3 Å². The Morgan fingerprint density at radius 2 is 2.00 bits per heavy atom. The Morgan fingerprint density at radius 3 is 2.82 bits per heavy atom. The molecule has 2 aliphatic rings. The molecule has 0 spiro atoms. The van der Waals surface area contributed by atoms with Crippen molar-refractivity contribution in [2.75, 3.05) is 0 Å². The predicted molar refractivity (Wildman–Crippen MR) is 134 cm³/mol. The molecule has 34 heavy (non-hydrogen) atoms. The molecule has 0 saturated heterocycles. The van der Waals surface area contributed by atoms with Gasteiger partial charge in [-0.25, -0.2) is 4.68 Å². The minimum Gasteiger partial charge on any atom is -0.390 e. The van der Waals surface area contributed by atoms with Gasteiger partial charge < -0.3 is 5.11 Å². The van der Waals surface area contributed by atoms with Crippen molar-refractivity contribution in [3.63, 3.8) is 0 Å². The van der Waals surface area contributed by atoms with E-state index in [0.717, 1.165) is 67.5 Å². The molecule has 174 valence electrons. The summed E-state index contributed by atoms with van der Waals surface area (Å²) >= 11 is 0. The van der Waals surface area contributed by atoms with Gasteiger partial charge in [-0.3, -0.25) is 9.97 Å². The molecular weight excluding hydrogens is 420 g/mol. The molecule has 0 bridgehead atoms. The van der Waals surface area contributed by atoms with E-state index in [2.05, 4.69) is 35.3 Å². The summed E-state index contributed by atoms with van der Waals surface area (Å²) < 4.78 is 2.05. The average Bonchev–Trinajstić information content (AvgIpc) is 3.17. The lowest BCUT2D eigenvalue weighted by atomic mass is 9.56. The third kappa shape index (κ3) is 3.63. The number of pyridine rings is 2. The number of nitrogens with zero attached hydrogens (tertiary/aromatic N) is 4. The standard InChI is InChI=1S/C29H32N4O/c1-20-14-25(9-13-30-20)33-27-16-21-6-5-7-23-17-28(2,34)10-11-29(23,18-24-8-3-4-12-31-24)26(21)15-22(27)19-32-33/h3-4,8-9,12-16,19,23,34H,5-7,10-11,17-18H2,1-2H3/t23-,28+,29-/m1/s1. The number of aromatic nitrogens is 4. The maximum absolute atomic E-state index is 11.0. The molecule has 0 radical (unpaired) electrons. The number of fused-ring (bicyclic) bond motifs is 4. The van der Waals surface area contributed by atoms with E-state index in [9.17, 15) is 5.11 Å². The minimum atomic E-state index is -0.586. The van der Waals surface area contributed by atoms with Crippen molar-refractivity contribution < 1.29 is 5.11 Å². The van der Waals surface area contributed by atoms with E-state index < -0.39 is 5.60 Å². The van der Waals surface area contributed by atoms with E-state index in [4.69, 9.17) is 10.1 Å². The summed E-state index contributed by atoms with van der Waals surface area (Å²) in [6, 6.07) is 15.1. The van der Waals surface area contributed by atoms with E-state index in [1.165, 1.54) is 16.5 Å². The molecule has 2 aliphatic carbocycles. The third-order valence-corrected chi connectivity index (χ3v) is 8.25. The van der Waals surface area contributed by atoms with Crippen LogP contribution in [0.15, 0.2) is 61.1 Å². The zero-order valence-electron chi connectivity index (χ0n) is 20.0. The van der Waals surface area contributed by atoms with Gasteiger partial charge in [0.25, 0.3) is 0 Å². The van der Waals surface area contributed by atoms with Crippen LogP contribution in [0.4, 0.5) is 0 Å². The molecule has 6 rings (SSSR count).